The van der Waals surface area contributed by atoms with E-state index < -0.39 is 22.7 Å². The zero-order valence-corrected chi connectivity index (χ0v) is 23.9. The molecule has 216 valence electrons. The maximum atomic E-state index is 13.1. The van der Waals surface area contributed by atoms with Gasteiger partial charge in [0.1, 0.15) is 5.76 Å². The number of non-ortho nitro benzene ring substituents is 1. The van der Waals surface area contributed by atoms with E-state index in [1.54, 1.807) is 4.90 Å². The normalized spacial score (nSPS) is 16.5. The molecule has 0 radical (unpaired) electrons. The van der Waals surface area contributed by atoms with Crippen molar-refractivity contribution in [3.05, 3.63) is 81.4 Å². The molecule has 1 atom stereocenters. The van der Waals surface area contributed by atoms with Crippen LogP contribution in [0, 0.1) is 10.1 Å². The molecule has 0 spiro atoms. The van der Waals surface area contributed by atoms with Crippen molar-refractivity contribution in [1.29, 1.82) is 0 Å². The summed E-state index contributed by atoms with van der Waals surface area (Å²) in [6.07, 6.45) is 17.3. The largest absolute Gasteiger partial charge is 0.507 e. The molecule has 2 aromatic carbocycles. The van der Waals surface area contributed by atoms with Gasteiger partial charge in [-0.05, 0) is 24.1 Å². The molecule has 1 saturated heterocycles. The number of likely N-dealkylation sites (tertiary alicyclic amines) is 1. The molecular weight excluding hydrogens is 504 g/mol. The lowest BCUT2D eigenvalue weighted by atomic mass is 9.95. The molecule has 7 nitrogen and oxygen atoms in total. The molecule has 2 aromatic rings. The number of hydrogen-bond acceptors (Lipinski definition) is 5. The van der Waals surface area contributed by atoms with Crippen LogP contribution in [0.5, 0.6) is 0 Å². The van der Waals surface area contributed by atoms with Gasteiger partial charge in [0, 0.05) is 24.2 Å². The average molecular weight is 549 g/mol. The standard InChI is InChI=1S/C33H44N2O5/c1-2-3-4-5-6-7-8-9-10-11-12-13-14-18-25-34-30(26-19-16-15-17-20-26)29(32(37)33(34)38)31(36)27-21-23-28(24-22-27)35(39)40/h15-17,19-24,30,36H,2-14,18,25H2,1H3/b31-29+. The van der Waals surface area contributed by atoms with E-state index in [9.17, 15) is 24.8 Å². The van der Waals surface area contributed by atoms with Gasteiger partial charge in [-0.3, -0.25) is 19.7 Å². The third-order valence-electron chi connectivity index (χ3n) is 7.76. The smallest absolute Gasteiger partial charge is 0.295 e. The molecule has 1 aliphatic heterocycles. The van der Waals surface area contributed by atoms with Gasteiger partial charge >= 0.3 is 0 Å². The Kier molecular flexibility index (Phi) is 12.9. The second kappa shape index (κ2) is 16.6. The van der Waals surface area contributed by atoms with Crippen LogP contribution >= 0.6 is 0 Å². The van der Waals surface area contributed by atoms with Crippen LogP contribution in [0.2, 0.25) is 0 Å². The molecule has 1 aliphatic rings. The van der Waals surface area contributed by atoms with Crippen molar-refractivity contribution in [3.8, 4) is 0 Å². The fourth-order valence-corrected chi connectivity index (χ4v) is 5.47. The molecule has 1 N–H and O–H groups in total. The Hall–Kier alpha value is -3.48. The third-order valence-corrected chi connectivity index (χ3v) is 7.76. The number of benzene rings is 2. The summed E-state index contributed by atoms with van der Waals surface area (Å²) in [5, 5.41) is 22.1. The van der Waals surface area contributed by atoms with Crippen molar-refractivity contribution in [1.82, 2.24) is 4.90 Å². The van der Waals surface area contributed by atoms with E-state index in [2.05, 4.69) is 6.92 Å². The first-order valence-corrected chi connectivity index (χ1v) is 15.0. The van der Waals surface area contributed by atoms with Gasteiger partial charge in [-0.1, -0.05) is 121 Å². The summed E-state index contributed by atoms with van der Waals surface area (Å²) in [5.74, 6) is -1.66. The van der Waals surface area contributed by atoms with Crippen LogP contribution < -0.4 is 0 Å². The van der Waals surface area contributed by atoms with E-state index in [4.69, 9.17) is 0 Å². The molecule has 0 saturated carbocycles. The van der Waals surface area contributed by atoms with Crippen molar-refractivity contribution in [2.75, 3.05) is 6.54 Å². The van der Waals surface area contributed by atoms with Crippen molar-refractivity contribution in [2.24, 2.45) is 0 Å². The molecule has 0 bridgehead atoms. The summed E-state index contributed by atoms with van der Waals surface area (Å²) in [4.78, 5) is 38.3. The summed E-state index contributed by atoms with van der Waals surface area (Å²) >= 11 is 0. The summed E-state index contributed by atoms with van der Waals surface area (Å²) in [5.41, 5.74) is 0.918. The number of nitro groups is 1. The Balaban J connectivity index is 1.53. The number of ketones is 1. The first-order valence-electron chi connectivity index (χ1n) is 15.0. The van der Waals surface area contributed by atoms with Crippen molar-refractivity contribution >= 4 is 23.1 Å². The molecule has 1 heterocycles. The van der Waals surface area contributed by atoms with Gasteiger partial charge in [-0.15, -0.1) is 0 Å². The number of aliphatic hydroxyl groups excluding tert-OH is 1. The van der Waals surface area contributed by atoms with E-state index in [1.165, 1.54) is 94.9 Å². The molecule has 1 amide bonds. The minimum Gasteiger partial charge on any atom is -0.507 e. The van der Waals surface area contributed by atoms with E-state index in [1.807, 2.05) is 30.3 Å². The average Bonchev–Trinajstić information content (AvgIpc) is 3.22. The Morgan fingerprint density at radius 2 is 1.27 bits per heavy atom. The Morgan fingerprint density at radius 1 is 0.775 bits per heavy atom. The van der Waals surface area contributed by atoms with E-state index in [0.717, 1.165) is 24.8 Å². The number of amides is 1. The third kappa shape index (κ3) is 8.77. The summed E-state index contributed by atoms with van der Waals surface area (Å²) in [6.45, 7) is 2.68. The lowest BCUT2D eigenvalue weighted by Crippen LogP contribution is -2.30. The maximum absolute atomic E-state index is 13.1. The molecule has 40 heavy (non-hydrogen) atoms. The van der Waals surface area contributed by atoms with Crippen LogP contribution in [0.15, 0.2) is 60.2 Å². The molecule has 1 fully saturated rings. The quantitative estimate of drug-likeness (QED) is 0.0502. The number of unbranched alkanes of at least 4 members (excludes halogenated alkanes) is 13. The van der Waals surface area contributed by atoms with E-state index in [-0.39, 0.29) is 22.6 Å². The van der Waals surface area contributed by atoms with Gasteiger partial charge in [-0.2, -0.15) is 0 Å². The molecule has 0 aliphatic carbocycles. The van der Waals surface area contributed by atoms with Crippen LogP contribution in [0.1, 0.15) is 114 Å². The molecule has 0 aromatic heterocycles. The highest BCUT2D eigenvalue weighted by molar-refractivity contribution is 6.46. The first-order chi connectivity index (χ1) is 19.5. The van der Waals surface area contributed by atoms with Gasteiger partial charge in [-0.25, -0.2) is 0 Å². The lowest BCUT2D eigenvalue weighted by molar-refractivity contribution is -0.384. The minimum atomic E-state index is -0.727. The van der Waals surface area contributed by atoms with Crippen LogP contribution in [0.4, 0.5) is 5.69 Å². The second-order valence-electron chi connectivity index (χ2n) is 10.8. The van der Waals surface area contributed by atoms with E-state index >= 15 is 0 Å². The van der Waals surface area contributed by atoms with Crippen molar-refractivity contribution in [3.63, 3.8) is 0 Å². The maximum Gasteiger partial charge on any atom is 0.295 e. The zero-order valence-electron chi connectivity index (χ0n) is 23.9. The number of carbonyl (C=O) groups excluding carboxylic acids is 2. The summed E-state index contributed by atoms with van der Waals surface area (Å²) < 4.78 is 0. The minimum absolute atomic E-state index is 0.0235. The molecular formula is C33H44N2O5. The van der Waals surface area contributed by atoms with Gasteiger partial charge in [0.25, 0.3) is 17.4 Å². The SMILES string of the molecule is CCCCCCCCCCCCCCCCN1C(=O)C(=O)/C(=C(/O)c2ccc([N+](=O)[O-])cc2)C1c1ccccc1. The number of nitrogens with zero attached hydrogens (tertiary/aromatic N) is 2. The number of hydrogen-bond donors (Lipinski definition) is 1. The molecule has 7 heteroatoms. The Morgan fingerprint density at radius 3 is 1.77 bits per heavy atom. The van der Waals surface area contributed by atoms with Crippen LogP contribution in [0.3, 0.4) is 0 Å². The number of nitro benzene ring substituents is 1. The predicted molar refractivity (Wildman–Crippen MR) is 159 cm³/mol. The van der Waals surface area contributed by atoms with Gasteiger partial charge in [0.15, 0.2) is 0 Å². The Labute approximate surface area is 238 Å². The zero-order chi connectivity index (χ0) is 28.7. The van der Waals surface area contributed by atoms with E-state index in [0.29, 0.717) is 6.54 Å². The van der Waals surface area contributed by atoms with Crippen LogP contribution in [-0.4, -0.2) is 33.2 Å². The number of rotatable bonds is 18. The highest BCUT2D eigenvalue weighted by atomic mass is 16.6. The lowest BCUT2D eigenvalue weighted by Gasteiger charge is -2.25. The number of aliphatic hydroxyl groups is 1. The topological polar surface area (TPSA) is 101 Å². The van der Waals surface area contributed by atoms with Crippen LogP contribution in [-0.2, 0) is 9.59 Å². The van der Waals surface area contributed by atoms with Crippen molar-refractivity contribution in [2.45, 2.75) is 103 Å². The van der Waals surface area contributed by atoms with Gasteiger partial charge in [0.2, 0.25) is 0 Å². The summed E-state index contributed by atoms with van der Waals surface area (Å²) in [7, 11) is 0. The predicted octanol–water partition coefficient (Wildman–Crippen LogP) is 8.50. The molecule has 3 rings (SSSR count). The van der Waals surface area contributed by atoms with Crippen molar-refractivity contribution < 1.29 is 19.6 Å². The first kappa shape index (κ1) is 31.1. The van der Waals surface area contributed by atoms with Crippen LogP contribution in [0.25, 0.3) is 5.76 Å². The van der Waals surface area contributed by atoms with Gasteiger partial charge in [0.05, 0.1) is 16.5 Å². The summed E-state index contributed by atoms with van der Waals surface area (Å²) in [6, 6.07) is 13.9. The fraction of sp³-hybridized carbons (Fsp3) is 0.515. The Bertz CT molecular complexity index is 1130. The highest BCUT2D eigenvalue weighted by Gasteiger charge is 2.45. The number of Topliss-reactive ketones (excluding diaryl/α,β-unsaturated/α-hetero) is 1. The second-order valence-corrected chi connectivity index (χ2v) is 10.8. The fourth-order valence-electron chi connectivity index (χ4n) is 5.47. The monoisotopic (exact) mass is 548 g/mol. The van der Waals surface area contributed by atoms with Gasteiger partial charge < -0.3 is 10.0 Å². The number of carbonyl (C=O) groups is 2. The highest BCUT2D eigenvalue weighted by Crippen LogP contribution is 2.39. The molecule has 1 unspecified atom stereocenters.